The molecular weight excluding hydrogens is 299 g/mol. The highest BCUT2D eigenvalue weighted by Gasteiger charge is 2.09. The largest absolute Gasteiger partial charge is 0.439 e. The van der Waals surface area contributed by atoms with Crippen molar-refractivity contribution in [3.63, 3.8) is 0 Å². The van der Waals surface area contributed by atoms with E-state index in [0.29, 0.717) is 34.3 Å². The van der Waals surface area contributed by atoms with E-state index in [2.05, 4.69) is 26.2 Å². The summed E-state index contributed by atoms with van der Waals surface area (Å²) in [4.78, 5) is 4.15. The standard InChI is InChI=1S/C13H14BrFN2O/c1-8(2)16-7-13-17-6-12(18-13)9-3-4-10(14)11(15)5-9/h3-6,8,16H,7H2,1-2H3. The number of aromatic nitrogens is 1. The Morgan fingerprint density at radius 3 is 2.89 bits per heavy atom. The van der Waals surface area contributed by atoms with Crippen molar-refractivity contribution in [2.24, 2.45) is 0 Å². The van der Waals surface area contributed by atoms with Crippen LogP contribution in [0.2, 0.25) is 0 Å². The van der Waals surface area contributed by atoms with Crippen molar-refractivity contribution in [3.05, 3.63) is 40.6 Å². The average molecular weight is 313 g/mol. The van der Waals surface area contributed by atoms with Crippen LogP contribution in [-0.2, 0) is 6.54 Å². The van der Waals surface area contributed by atoms with Gasteiger partial charge < -0.3 is 9.73 Å². The Morgan fingerprint density at radius 1 is 1.44 bits per heavy atom. The first-order valence-corrected chi connectivity index (χ1v) is 6.49. The first kappa shape index (κ1) is 13.2. The summed E-state index contributed by atoms with van der Waals surface area (Å²) in [7, 11) is 0. The van der Waals surface area contributed by atoms with E-state index in [4.69, 9.17) is 4.42 Å². The Kier molecular flexibility index (Phi) is 4.14. The molecule has 2 rings (SSSR count). The molecule has 1 aromatic carbocycles. The van der Waals surface area contributed by atoms with Gasteiger partial charge in [-0.2, -0.15) is 0 Å². The molecule has 0 aliphatic carbocycles. The van der Waals surface area contributed by atoms with E-state index >= 15 is 0 Å². The molecule has 0 saturated carbocycles. The number of rotatable bonds is 4. The lowest BCUT2D eigenvalue weighted by Gasteiger charge is -2.04. The van der Waals surface area contributed by atoms with E-state index in [1.165, 1.54) is 6.07 Å². The van der Waals surface area contributed by atoms with Gasteiger partial charge in [0, 0.05) is 11.6 Å². The molecule has 0 saturated heterocycles. The number of oxazole rings is 1. The molecule has 0 amide bonds. The number of nitrogens with zero attached hydrogens (tertiary/aromatic N) is 1. The SMILES string of the molecule is CC(C)NCc1ncc(-c2ccc(Br)c(F)c2)o1. The first-order valence-electron chi connectivity index (χ1n) is 5.70. The minimum absolute atomic E-state index is 0.314. The zero-order chi connectivity index (χ0) is 13.1. The van der Waals surface area contributed by atoms with Crippen LogP contribution in [-0.4, -0.2) is 11.0 Å². The van der Waals surface area contributed by atoms with Crippen LogP contribution < -0.4 is 5.32 Å². The van der Waals surface area contributed by atoms with Crippen molar-refractivity contribution in [3.8, 4) is 11.3 Å². The molecular formula is C13H14BrFN2O. The monoisotopic (exact) mass is 312 g/mol. The maximum Gasteiger partial charge on any atom is 0.208 e. The molecule has 0 aliphatic rings. The van der Waals surface area contributed by atoms with Gasteiger partial charge in [-0.05, 0) is 34.1 Å². The molecule has 96 valence electrons. The van der Waals surface area contributed by atoms with Crippen molar-refractivity contribution in [2.45, 2.75) is 26.4 Å². The van der Waals surface area contributed by atoms with Gasteiger partial charge in [0.15, 0.2) is 5.76 Å². The van der Waals surface area contributed by atoms with Gasteiger partial charge in [-0.15, -0.1) is 0 Å². The van der Waals surface area contributed by atoms with Crippen molar-refractivity contribution < 1.29 is 8.81 Å². The van der Waals surface area contributed by atoms with Gasteiger partial charge in [0.2, 0.25) is 5.89 Å². The molecule has 0 unspecified atom stereocenters. The summed E-state index contributed by atoms with van der Waals surface area (Å²) in [6.07, 6.45) is 1.61. The number of halogens is 2. The zero-order valence-electron chi connectivity index (χ0n) is 10.2. The highest BCUT2D eigenvalue weighted by atomic mass is 79.9. The molecule has 0 atom stereocenters. The third-order valence-electron chi connectivity index (χ3n) is 2.42. The summed E-state index contributed by atoms with van der Waals surface area (Å²) in [5.41, 5.74) is 0.680. The van der Waals surface area contributed by atoms with Gasteiger partial charge in [0.1, 0.15) is 5.82 Å². The molecule has 1 heterocycles. The highest BCUT2D eigenvalue weighted by molar-refractivity contribution is 9.10. The first-order chi connectivity index (χ1) is 8.56. The topological polar surface area (TPSA) is 38.1 Å². The fraction of sp³-hybridized carbons (Fsp3) is 0.308. The highest BCUT2D eigenvalue weighted by Crippen LogP contribution is 2.25. The van der Waals surface area contributed by atoms with Crippen LogP contribution in [0.25, 0.3) is 11.3 Å². The van der Waals surface area contributed by atoms with E-state index in [9.17, 15) is 4.39 Å². The number of benzene rings is 1. The second-order valence-electron chi connectivity index (χ2n) is 4.28. The predicted molar refractivity (Wildman–Crippen MR) is 71.6 cm³/mol. The van der Waals surface area contributed by atoms with Crippen LogP contribution in [0.5, 0.6) is 0 Å². The normalized spacial score (nSPS) is 11.2. The Labute approximate surface area is 114 Å². The van der Waals surface area contributed by atoms with E-state index in [1.807, 2.05) is 13.8 Å². The van der Waals surface area contributed by atoms with Gasteiger partial charge in [-0.25, -0.2) is 9.37 Å². The molecule has 1 aromatic heterocycles. The lowest BCUT2D eigenvalue weighted by molar-refractivity contribution is 0.458. The molecule has 0 fully saturated rings. The Balaban J connectivity index is 2.16. The lowest BCUT2D eigenvalue weighted by atomic mass is 10.2. The summed E-state index contributed by atoms with van der Waals surface area (Å²) >= 11 is 3.12. The van der Waals surface area contributed by atoms with Gasteiger partial charge in [-0.3, -0.25) is 0 Å². The van der Waals surface area contributed by atoms with E-state index in [0.717, 1.165) is 0 Å². The van der Waals surface area contributed by atoms with Crippen LogP contribution in [0.3, 0.4) is 0 Å². The minimum atomic E-state index is -0.314. The molecule has 0 radical (unpaired) electrons. The molecule has 2 aromatic rings. The Hall–Kier alpha value is -1.20. The van der Waals surface area contributed by atoms with Crippen molar-refractivity contribution in [1.82, 2.24) is 10.3 Å². The minimum Gasteiger partial charge on any atom is -0.439 e. The van der Waals surface area contributed by atoms with E-state index in [-0.39, 0.29) is 5.82 Å². The lowest BCUT2D eigenvalue weighted by Crippen LogP contribution is -2.21. The van der Waals surface area contributed by atoms with Gasteiger partial charge in [0.25, 0.3) is 0 Å². The number of hydrogen-bond donors (Lipinski definition) is 1. The maximum absolute atomic E-state index is 13.4. The molecule has 3 nitrogen and oxygen atoms in total. The van der Waals surface area contributed by atoms with Gasteiger partial charge in [0.05, 0.1) is 17.2 Å². The van der Waals surface area contributed by atoms with Crippen LogP contribution >= 0.6 is 15.9 Å². The fourth-order valence-corrected chi connectivity index (χ4v) is 1.71. The third-order valence-corrected chi connectivity index (χ3v) is 3.06. The summed E-state index contributed by atoms with van der Waals surface area (Å²) in [5.74, 6) is 0.856. The quantitative estimate of drug-likeness (QED) is 0.934. The molecule has 18 heavy (non-hydrogen) atoms. The zero-order valence-corrected chi connectivity index (χ0v) is 11.8. The van der Waals surface area contributed by atoms with E-state index in [1.54, 1.807) is 18.3 Å². The Bertz CT molecular complexity index is 540. The van der Waals surface area contributed by atoms with Crippen LogP contribution in [0.1, 0.15) is 19.7 Å². The predicted octanol–water partition coefficient (Wildman–Crippen LogP) is 3.74. The van der Waals surface area contributed by atoms with Crippen LogP contribution in [0.15, 0.2) is 33.3 Å². The van der Waals surface area contributed by atoms with Crippen molar-refractivity contribution in [2.75, 3.05) is 0 Å². The molecule has 5 heteroatoms. The molecule has 0 bridgehead atoms. The fourth-order valence-electron chi connectivity index (χ4n) is 1.47. The number of nitrogens with one attached hydrogen (secondary N) is 1. The summed E-state index contributed by atoms with van der Waals surface area (Å²) in [6.45, 7) is 4.67. The van der Waals surface area contributed by atoms with E-state index < -0.39 is 0 Å². The molecule has 0 aliphatic heterocycles. The van der Waals surface area contributed by atoms with Gasteiger partial charge >= 0.3 is 0 Å². The van der Waals surface area contributed by atoms with Gasteiger partial charge in [-0.1, -0.05) is 13.8 Å². The Morgan fingerprint density at radius 2 is 2.22 bits per heavy atom. The molecule has 1 N–H and O–H groups in total. The average Bonchev–Trinajstić information content (AvgIpc) is 2.79. The van der Waals surface area contributed by atoms with Crippen LogP contribution in [0, 0.1) is 5.82 Å². The second kappa shape index (κ2) is 5.63. The smallest absolute Gasteiger partial charge is 0.208 e. The summed E-state index contributed by atoms with van der Waals surface area (Å²) in [5, 5.41) is 3.21. The summed E-state index contributed by atoms with van der Waals surface area (Å²) < 4.78 is 19.4. The van der Waals surface area contributed by atoms with Crippen molar-refractivity contribution in [1.29, 1.82) is 0 Å². The van der Waals surface area contributed by atoms with Crippen LogP contribution in [0.4, 0.5) is 4.39 Å². The van der Waals surface area contributed by atoms with Crippen molar-refractivity contribution >= 4 is 15.9 Å². The molecule has 0 spiro atoms. The third kappa shape index (κ3) is 3.17. The number of hydrogen-bond acceptors (Lipinski definition) is 3. The second-order valence-corrected chi connectivity index (χ2v) is 5.14. The summed E-state index contributed by atoms with van der Waals surface area (Å²) in [6, 6.07) is 5.22. The maximum atomic E-state index is 13.4.